The van der Waals surface area contributed by atoms with Crippen LogP contribution in [0.4, 0.5) is 17.2 Å². The molecular weight excluding hydrogens is 390 g/mol. The molecule has 1 aromatic heterocycles. The van der Waals surface area contributed by atoms with E-state index in [1.165, 1.54) is 23.7 Å². The molecule has 1 aliphatic rings. The van der Waals surface area contributed by atoms with E-state index in [1.807, 2.05) is 18.2 Å². The zero-order valence-corrected chi connectivity index (χ0v) is 17.8. The van der Waals surface area contributed by atoms with E-state index in [-0.39, 0.29) is 11.3 Å². The van der Waals surface area contributed by atoms with E-state index in [1.54, 1.807) is 18.3 Å². The van der Waals surface area contributed by atoms with Gasteiger partial charge in [-0.25, -0.2) is 4.98 Å². The maximum Gasteiger partial charge on any atom is 0.259 e. The second-order valence-corrected chi connectivity index (χ2v) is 7.88. The van der Waals surface area contributed by atoms with Gasteiger partial charge in [-0.15, -0.1) is 4.91 Å². The Morgan fingerprint density at radius 3 is 2.45 bits per heavy atom. The minimum absolute atomic E-state index is 0.109. The van der Waals surface area contributed by atoms with Crippen LogP contribution in [-0.2, 0) is 0 Å². The fourth-order valence-corrected chi connectivity index (χ4v) is 3.76. The molecule has 0 saturated carbocycles. The van der Waals surface area contributed by atoms with Crippen LogP contribution >= 0.6 is 0 Å². The summed E-state index contributed by atoms with van der Waals surface area (Å²) in [5, 5.41) is 5.76. The van der Waals surface area contributed by atoms with Gasteiger partial charge in [0.05, 0.1) is 23.7 Å². The number of aryl methyl sites for hydroxylation is 2. The predicted octanol–water partition coefficient (Wildman–Crippen LogP) is 5.40. The number of piperidine rings is 1. The largest absolute Gasteiger partial charge is 0.372 e. The van der Waals surface area contributed by atoms with Crippen molar-refractivity contribution in [1.29, 1.82) is 0 Å². The number of carbonyl (C=O) groups is 1. The number of hydrogen-bond acceptors (Lipinski definition) is 6. The first-order chi connectivity index (χ1) is 15.0. The van der Waals surface area contributed by atoms with E-state index in [0.29, 0.717) is 5.82 Å². The Kier molecular flexibility index (Phi) is 6.02. The van der Waals surface area contributed by atoms with Crippen molar-refractivity contribution in [2.45, 2.75) is 33.1 Å². The van der Waals surface area contributed by atoms with Crippen LogP contribution in [0.5, 0.6) is 0 Å². The Labute approximate surface area is 181 Å². The molecule has 1 amide bonds. The van der Waals surface area contributed by atoms with Crippen LogP contribution in [-0.4, -0.2) is 29.0 Å². The summed E-state index contributed by atoms with van der Waals surface area (Å²) in [4.78, 5) is 35.1. The van der Waals surface area contributed by atoms with Crippen molar-refractivity contribution < 1.29 is 4.79 Å². The van der Waals surface area contributed by atoms with Gasteiger partial charge in [0.25, 0.3) is 5.91 Å². The first-order valence-corrected chi connectivity index (χ1v) is 10.5. The highest BCUT2D eigenvalue weighted by Gasteiger charge is 2.18. The summed E-state index contributed by atoms with van der Waals surface area (Å²) in [5.41, 5.74) is 5.36. The molecule has 31 heavy (non-hydrogen) atoms. The molecular formula is C24H25N5O2. The monoisotopic (exact) mass is 415 g/mol. The third kappa shape index (κ3) is 4.60. The minimum Gasteiger partial charge on any atom is -0.372 e. The minimum atomic E-state index is -0.429. The van der Waals surface area contributed by atoms with Gasteiger partial charge in [-0.05, 0) is 73.7 Å². The van der Waals surface area contributed by atoms with Gasteiger partial charge < -0.3 is 10.2 Å². The standard InChI is InChI=1S/C24H25N5O2/c1-16-6-7-18(12-17(16)2)22-14-26-23(15-25-22)27-24(30)20-13-19(8-9-21(20)28-31)29-10-4-3-5-11-29/h6-9,12-15H,3-5,10-11H2,1-2H3,(H,26,27,30). The molecule has 0 spiro atoms. The molecule has 7 heteroatoms. The lowest BCUT2D eigenvalue weighted by Gasteiger charge is -2.29. The second kappa shape index (κ2) is 9.04. The first-order valence-electron chi connectivity index (χ1n) is 10.5. The van der Waals surface area contributed by atoms with Gasteiger partial charge in [-0.3, -0.25) is 9.78 Å². The van der Waals surface area contributed by atoms with Crippen LogP contribution in [0.15, 0.2) is 54.0 Å². The van der Waals surface area contributed by atoms with Gasteiger partial charge in [0.15, 0.2) is 5.82 Å². The van der Waals surface area contributed by atoms with Crippen LogP contribution in [0.2, 0.25) is 0 Å². The molecule has 0 atom stereocenters. The van der Waals surface area contributed by atoms with Crippen LogP contribution in [0.25, 0.3) is 11.3 Å². The number of nitrogens with one attached hydrogen (secondary N) is 1. The highest BCUT2D eigenvalue weighted by Crippen LogP contribution is 2.28. The highest BCUT2D eigenvalue weighted by molar-refractivity contribution is 6.07. The normalized spacial score (nSPS) is 13.7. The van der Waals surface area contributed by atoms with Crippen molar-refractivity contribution in [1.82, 2.24) is 9.97 Å². The second-order valence-electron chi connectivity index (χ2n) is 7.88. The maximum absolute atomic E-state index is 12.9. The number of rotatable bonds is 5. The number of anilines is 2. The molecule has 2 heterocycles. The van der Waals surface area contributed by atoms with E-state index in [0.717, 1.165) is 42.9 Å². The Morgan fingerprint density at radius 2 is 1.77 bits per heavy atom. The van der Waals surface area contributed by atoms with Gasteiger partial charge in [0, 0.05) is 24.3 Å². The molecule has 0 unspecified atom stereocenters. The summed E-state index contributed by atoms with van der Waals surface area (Å²) in [6.45, 7) is 6.00. The summed E-state index contributed by atoms with van der Waals surface area (Å²) < 4.78 is 0. The molecule has 0 aliphatic carbocycles. The van der Waals surface area contributed by atoms with E-state index in [4.69, 9.17) is 0 Å². The Bertz CT molecular complexity index is 1110. The lowest BCUT2D eigenvalue weighted by molar-refractivity contribution is 0.102. The topological polar surface area (TPSA) is 87.5 Å². The molecule has 0 bridgehead atoms. The van der Waals surface area contributed by atoms with Gasteiger partial charge in [-0.2, -0.15) is 0 Å². The van der Waals surface area contributed by atoms with Gasteiger partial charge in [0.1, 0.15) is 5.69 Å². The first kappa shape index (κ1) is 20.7. The lowest BCUT2D eigenvalue weighted by Crippen LogP contribution is -2.29. The lowest BCUT2D eigenvalue weighted by atomic mass is 10.0. The van der Waals surface area contributed by atoms with Crippen LogP contribution < -0.4 is 10.2 Å². The summed E-state index contributed by atoms with van der Waals surface area (Å²) >= 11 is 0. The number of aromatic nitrogens is 2. The molecule has 1 fully saturated rings. The van der Waals surface area contributed by atoms with Crippen molar-refractivity contribution in [3.05, 3.63) is 70.4 Å². The smallest absolute Gasteiger partial charge is 0.259 e. The van der Waals surface area contributed by atoms with Gasteiger partial charge >= 0.3 is 0 Å². The summed E-state index contributed by atoms with van der Waals surface area (Å²) in [6, 6.07) is 11.3. The van der Waals surface area contributed by atoms with E-state index < -0.39 is 5.91 Å². The van der Waals surface area contributed by atoms with Crippen molar-refractivity contribution in [2.75, 3.05) is 23.3 Å². The number of nitrogens with zero attached hydrogens (tertiary/aromatic N) is 4. The SMILES string of the molecule is Cc1ccc(-c2cnc(NC(=O)c3cc(N4CCCCC4)ccc3N=O)cn2)cc1C. The third-order valence-electron chi connectivity index (χ3n) is 5.74. The number of hydrogen-bond donors (Lipinski definition) is 1. The quantitative estimate of drug-likeness (QED) is 0.564. The molecule has 1 saturated heterocycles. The van der Waals surface area contributed by atoms with Crippen LogP contribution in [0.1, 0.15) is 40.7 Å². The molecule has 158 valence electrons. The third-order valence-corrected chi connectivity index (χ3v) is 5.74. The summed E-state index contributed by atoms with van der Waals surface area (Å²) in [6.07, 6.45) is 6.61. The number of benzene rings is 2. The molecule has 3 aromatic rings. The zero-order chi connectivity index (χ0) is 21.8. The fourth-order valence-electron chi connectivity index (χ4n) is 3.76. The van der Waals surface area contributed by atoms with Gasteiger partial charge in [0.2, 0.25) is 0 Å². The summed E-state index contributed by atoms with van der Waals surface area (Å²) in [7, 11) is 0. The predicted molar refractivity (Wildman–Crippen MR) is 123 cm³/mol. The van der Waals surface area contributed by atoms with E-state index in [2.05, 4.69) is 45.3 Å². The van der Waals surface area contributed by atoms with Crippen LogP contribution in [0.3, 0.4) is 0 Å². The Balaban J connectivity index is 1.53. The molecule has 0 radical (unpaired) electrons. The van der Waals surface area contributed by atoms with Crippen molar-refractivity contribution >= 4 is 23.1 Å². The average molecular weight is 415 g/mol. The maximum atomic E-state index is 12.9. The molecule has 1 aliphatic heterocycles. The number of nitroso groups, excluding NO2 is 1. The van der Waals surface area contributed by atoms with Gasteiger partial charge in [-0.1, -0.05) is 12.1 Å². The summed E-state index contributed by atoms with van der Waals surface area (Å²) in [5.74, 6) is -0.112. The molecule has 7 nitrogen and oxygen atoms in total. The molecule has 4 rings (SSSR count). The Morgan fingerprint density at radius 1 is 0.968 bits per heavy atom. The molecule has 2 aromatic carbocycles. The number of amides is 1. The fraction of sp³-hybridized carbons (Fsp3) is 0.292. The number of carbonyl (C=O) groups excluding carboxylic acids is 1. The highest BCUT2D eigenvalue weighted by atomic mass is 16.3. The van der Waals surface area contributed by atoms with Crippen LogP contribution in [0, 0.1) is 18.8 Å². The van der Waals surface area contributed by atoms with Crippen molar-refractivity contribution in [2.24, 2.45) is 5.18 Å². The molecule has 1 N–H and O–H groups in total. The average Bonchev–Trinajstić information content (AvgIpc) is 2.81. The van der Waals surface area contributed by atoms with Crippen molar-refractivity contribution in [3.8, 4) is 11.3 Å². The van der Waals surface area contributed by atoms with E-state index >= 15 is 0 Å². The van der Waals surface area contributed by atoms with Crippen molar-refractivity contribution in [3.63, 3.8) is 0 Å². The Hall–Kier alpha value is -3.61. The zero-order valence-electron chi connectivity index (χ0n) is 17.8. The van der Waals surface area contributed by atoms with E-state index in [9.17, 15) is 9.70 Å².